The molecule has 1 aromatic carbocycles. The van der Waals surface area contributed by atoms with Crippen LogP contribution in [-0.4, -0.2) is 35.1 Å². The highest BCUT2D eigenvalue weighted by Crippen LogP contribution is 2.45. The van der Waals surface area contributed by atoms with E-state index in [2.05, 4.69) is 61.2 Å². The molecule has 3 nitrogen and oxygen atoms in total. The standard InChI is InChI=1S/C23H33NO2/c1-3-13-23(22(25)26)14-11-21(16-23)24-15-12-20(18(2)17-24)10-9-19-7-5-4-6-8-19/h4-10,18,20-21H,3,11-17H2,1-2H3,(H,25,26)/b10-9-. The Morgan fingerprint density at radius 3 is 2.73 bits per heavy atom. The molecule has 0 bridgehead atoms. The van der Waals surface area contributed by atoms with Crippen molar-refractivity contribution in [2.75, 3.05) is 13.1 Å². The lowest BCUT2D eigenvalue weighted by Gasteiger charge is -2.39. The van der Waals surface area contributed by atoms with Gasteiger partial charge in [0.05, 0.1) is 5.41 Å². The zero-order chi connectivity index (χ0) is 18.6. The van der Waals surface area contributed by atoms with E-state index in [1.165, 1.54) is 12.0 Å². The fraction of sp³-hybridized carbons (Fsp3) is 0.609. The van der Waals surface area contributed by atoms with E-state index in [1.54, 1.807) is 0 Å². The summed E-state index contributed by atoms with van der Waals surface area (Å²) in [6, 6.07) is 11.0. The van der Waals surface area contributed by atoms with Gasteiger partial charge < -0.3 is 10.0 Å². The molecule has 0 radical (unpaired) electrons. The molecule has 2 fully saturated rings. The largest absolute Gasteiger partial charge is 0.481 e. The maximum absolute atomic E-state index is 11.9. The molecular formula is C23H33NO2. The Morgan fingerprint density at radius 2 is 2.08 bits per heavy atom. The average molecular weight is 356 g/mol. The van der Waals surface area contributed by atoms with Crippen LogP contribution in [0, 0.1) is 17.3 Å². The summed E-state index contributed by atoms with van der Waals surface area (Å²) in [5.41, 5.74) is 0.802. The van der Waals surface area contributed by atoms with Crippen LogP contribution in [0.15, 0.2) is 36.4 Å². The van der Waals surface area contributed by atoms with E-state index in [-0.39, 0.29) is 0 Å². The Balaban J connectivity index is 1.57. The molecule has 0 aromatic heterocycles. The minimum Gasteiger partial charge on any atom is -0.481 e. The number of allylic oxidation sites excluding steroid dienone is 1. The van der Waals surface area contributed by atoms with Crippen molar-refractivity contribution in [3.8, 4) is 0 Å². The van der Waals surface area contributed by atoms with E-state index in [4.69, 9.17) is 0 Å². The number of rotatable bonds is 6. The molecule has 3 rings (SSSR count). The molecule has 1 saturated heterocycles. The molecule has 1 saturated carbocycles. The molecule has 1 N–H and O–H groups in total. The van der Waals surface area contributed by atoms with E-state index in [1.807, 2.05) is 0 Å². The van der Waals surface area contributed by atoms with Crippen molar-refractivity contribution in [1.29, 1.82) is 0 Å². The zero-order valence-electron chi connectivity index (χ0n) is 16.2. The second-order valence-corrected chi connectivity index (χ2v) is 8.43. The highest BCUT2D eigenvalue weighted by Gasteiger charge is 2.46. The molecule has 1 aromatic rings. The van der Waals surface area contributed by atoms with Crippen molar-refractivity contribution in [1.82, 2.24) is 4.90 Å². The quantitative estimate of drug-likeness (QED) is 0.773. The van der Waals surface area contributed by atoms with Crippen molar-refractivity contribution in [3.05, 3.63) is 42.0 Å². The zero-order valence-corrected chi connectivity index (χ0v) is 16.2. The summed E-state index contributed by atoms with van der Waals surface area (Å²) in [5, 5.41) is 9.76. The Hall–Kier alpha value is -1.61. The van der Waals surface area contributed by atoms with Crippen LogP contribution in [0.5, 0.6) is 0 Å². The molecule has 4 atom stereocenters. The van der Waals surface area contributed by atoms with Crippen molar-refractivity contribution >= 4 is 12.0 Å². The number of nitrogens with zero attached hydrogens (tertiary/aromatic N) is 1. The highest BCUT2D eigenvalue weighted by atomic mass is 16.4. The molecule has 26 heavy (non-hydrogen) atoms. The molecule has 1 aliphatic carbocycles. The van der Waals surface area contributed by atoms with Crippen LogP contribution < -0.4 is 0 Å². The summed E-state index contributed by atoms with van der Waals surface area (Å²) in [4.78, 5) is 14.4. The summed E-state index contributed by atoms with van der Waals surface area (Å²) in [7, 11) is 0. The van der Waals surface area contributed by atoms with Gasteiger partial charge in [0.2, 0.25) is 0 Å². The normalized spacial score (nSPS) is 32.9. The molecule has 0 spiro atoms. The molecule has 2 aliphatic rings. The molecule has 4 unspecified atom stereocenters. The maximum atomic E-state index is 11.9. The Kier molecular flexibility index (Phi) is 6.18. The third-order valence-electron chi connectivity index (χ3n) is 6.62. The molecule has 0 amide bonds. The van der Waals surface area contributed by atoms with Crippen molar-refractivity contribution < 1.29 is 9.90 Å². The minimum absolute atomic E-state index is 0.458. The lowest BCUT2D eigenvalue weighted by atomic mass is 9.81. The van der Waals surface area contributed by atoms with Gasteiger partial charge in [-0.15, -0.1) is 0 Å². The van der Waals surface area contributed by atoms with Crippen LogP contribution in [0.3, 0.4) is 0 Å². The van der Waals surface area contributed by atoms with E-state index >= 15 is 0 Å². The maximum Gasteiger partial charge on any atom is 0.309 e. The van der Waals surface area contributed by atoms with Gasteiger partial charge in [-0.3, -0.25) is 4.79 Å². The fourth-order valence-corrected chi connectivity index (χ4v) is 5.03. The van der Waals surface area contributed by atoms with Gasteiger partial charge in [-0.05, 0) is 56.0 Å². The summed E-state index contributed by atoms with van der Waals surface area (Å²) in [5.74, 6) is 0.665. The predicted molar refractivity (Wildman–Crippen MR) is 107 cm³/mol. The number of likely N-dealkylation sites (tertiary alicyclic amines) is 1. The van der Waals surface area contributed by atoms with Gasteiger partial charge in [0.25, 0.3) is 0 Å². The van der Waals surface area contributed by atoms with Gasteiger partial charge in [-0.2, -0.15) is 0 Å². The number of carboxylic acids is 1. The van der Waals surface area contributed by atoms with E-state index in [9.17, 15) is 9.90 Å². The third-order valence-corrected chi connectivity index (χ3v) is 6.62. The van der Waals surface area contributed by atoms with Crippen molar-refractivity contribution in [2.45, 2.75) is 58.4 Å². The number of piperidine rings is 1. The summed E-state index contributed by atoms with van der Waals surface area (Å²) in [6.45, 7) is 6.64. The van der Waals surface area contributed by atoms with Crippen LogP contribution in [0.4, 0.5) is 0 Å². The van der Waals surface area contributed by atoms with Crippen LogP contribution in [0.25, 0.3) is 6.08 Å². The van der Waals surface area contributed by atoms with Crippen LogP contribution in [-0.2, 0) is 4.79 Å². The molecule has 142 valence electrons. The first kappa shape index (κ1) is 19.2. The number of hydrogen-bond acceptors (Lipinski definition) is 2. The fourth-order valence-electron chi connectivity index (χ4n) is 5.03. The van der Waals surface area contributed by atoms with Crippen LogP contribution in [0.2, 0.25) is 0 Å². The van der Waals surface area contributed by atoms with E-state index in [0.717, 1.165) is 45.2 Å². The Labute approximate surface area is 158 Å². The van der Waals surface area contributed by atoms with Gasteiger partial charge >= 0.3 is 5.97 Å². The SMILES string of the molecule is CCCC1(C(=O)O)CCC(N2CCC(/C=C\c3ccccc3)C(C)C2)C1. The van der Waals surface area contributed by atoms with Crippen molar-refractivity contribution in [3.63, 3.8) is 0 Å². The minimum atomic E-state index is -0.574. The monoisotopic (exact) mass is 355 g/mol. The summed E-state index contributed by atoms with van der Waals surface area (Å²) in [6.07, 6.45) is 10.3. The Bertz CT molecular complexity index is 626. The number of carbonyl (C=O) groups is 1. The van der Waals surface area contributed by atoms with Gasteiger partial charge in [0, 0.05) is 12.6 Å². The van der Waals surface area contributed by atoms with Gasteiger partial charge in [-0.1, -0.05) is 62.8 Å². The highest BCUT2D eigenvalue weighted by molar-refractivity contribution is 5.75. The Morgan fingerprint density at radius 1 is 1.31 bits per heavy atom. The summed E-state index contributed by atoms with van der Waals surface area (Å²) < 4.78 is 0. The first-order chi connectivity index (χ1) is 12.5. The van der Waals surface area contributed by atoms with Gasteiger partial charge in [-0.25, -0.2) is 0 Å². The van der Waals surface area contributed by atoms with E-state index < -0.39 is 11.4 Å². The smallest absolute Gasteiger partial charge is 0.309 e. The second kappa shape index (κ2) is 8.39. The third kappa shape index (κ3) is 4.20. The number of carboxylic acid groups (broad SMARTS) is 1. The molecule has 1 heterocycles. The topological polar surface area (TPSA) is 40.5 Å². The average Bonchev–Trinajstić information content (AvgIpc) is 3.07. The van der Waals surface area contributed by atoms with Crippen LogP contribution >= 0.6 is 0 Å². The van der Waals surface area contributed by atoms with Gasteiger partial charge in [0.15, 0.2) is 0 Å². The number of hydrogen-bond donors (Lipinski definition) is 1. The van der Waals surface area contributed by atoms with Gasteiger partial charge in [0.1, 0.15) is 0 Å². The van der Waals surface area contributed by atoms with Crippen LogP contribution in [0.1, 0.15) is 57.9 Å². The first-order valence-corrected chi connectivity index (χ1v) is 10.2. The molecule has 1 aliphatic heterocycles. The van der Waals surface area contributed by atoms with E-state index in [0.29, 0.717) is 17.9 Å². The summed E-state index contributed by atoms with van der Waals surface area (Å²) >= 11 is 0. The second-order valence-electron chi connectivity index (χ2n) is 8.43. The molecule has 3 heteroatoms. The first-order valence-electron chi connectivity index (χ1n) is 10.2. The number of aliphatic carboxylic acids is 1. The lowest BCUT2D eigenvalue weighted by Crippen LogP contribution is -2.44. The molecular weight excluding hydrogens is 322 g/mol. The number of benzene rings is 1. The predicted octanol–water partition coefficient (Wildman–Crippen LogP) is 5.08. The van der Waals surface area contributed by atoms with Crippen molar-refractivity contribution in [2.24, 2.45) is 17.3 Å². The lowest BCUT2D eigenvalue weighted by molar-refractivity contribution is -0.149.